The maximum absolute atomic E-state index is 12.9. The maximum Gasteiger partial charge on any atom is 0.222 e. The Morgan fingerprint density at radius 3 is 2.62 bits per heavy atom. The molecule has 0 radical (unpaired) electrons. The molecule has 0 aliphatic carbocycles. The van der Waals surface area contributed by atoms with Gasteiger partial charge >= 0.3 is 0 Å². The highest BCUT2D eigenvalue weighted by molar-refractivity contribution is 5.79. The van der Waals surface area contributed by atoms with E-state index in [0.717, 1.165) is 11.1 Å². The summed E-state index contributed by atoms with van der Waals surface area (Å²) in [5.74, 6) is -1.54. The fourth-order valence-corrected chi connectivity index (χ4v) is 2.31. The molecule has 2 amide bonds. The van der Waals surface area contributed by atoms with Crippen LogP contribution in [0.4, 0.5) is 4.39 Å². The summed E-state index contributed by atoms with van der Waals surface area (Å²) >= 11 is 0. The number of primary amides is 1. The van der Waals surface area contributed by atoms with E-state index in [9.17, 15) is 14.0 Å². The zero-order chi connectivity index (χ0) is 17.5. The van der Waals surface area contributed by atoms with Crippen LogP contribution in [0.25, 0.3) is 0 Å². The Morgan fingerprint density at radius 2 is 2.04 bits per heavy atom. The zero-order valence-corrected chi connectivity index (χ0v) is 13.5. The number of nitrogens with one attached hydrogen (secondary N) is 1. The summed E-state index contributed by atoms with van der Waals surface area (Å²) in [5.41, 5.74) is 7.21. The molecule has 3 N–H and O–H groups in total. The number of aryl methyl sites for hydroxylation is 2. The van der Waals surface area contributed by atoms with Gasteiger partial charge in [0.2, 0.25) is 11.8 Å². The SMILES string of the molecule is Cc1cnn(CCC(=O)NC[C@@H](Cc2ccc(F)cc2)C(N)=O)c1. The van der Waals surface area contributed by atoms with Crippen LogP contribution in [-0.4, -0.2) is 28.1 Å². The van der Waals surface area contributed by atoms with E-state index in [-0.39, 0.29) is 24.7 Å². The molecule has 0 aliphatic rings. The van der Waals surface area contributed by atoms with Gasteiger partial charge in [0.05, 0.1) is 12.1 Å². The molecule has 0 fully saturated rings. The van der Waals surface area contributed by atoms with Crippen molar-refractivity contribution in [2.45, 2.75) is 26.3 Å². The van der Waals surface area contributed by atoms with Crippen LogP contribution in [-0.2, 0) is 22.6 Å². The average molecular weight is 332 g/mol. The maximum atomic E-state index is 12.9. The number of aromatic nitrogens is 2. The van der Waals surface area contributed by atoms with Crippen molar-refractivity contribution in [3.05, 3.63) is 53.6 Å². The second-order valence-electron chi connectivity index (χ2n) is 5.76. The topological polar surface area (TPSA) is 90.0 Å². The van der Waals surface area contributed by atoms with Crippen LogP contribution < -0.4 is 11.1 Å². The molecule has 2 rings (SSSR count). The fourth-order valence-electron chi connectivity index (χ4n) is 2.31. The molecule has 0 spiro atoms. The van der Waals surface area contributed by atoms with Crippen LogP contribution in [0.2, 0.25) is 0 Å². The first-order chi connectivity index (χ1) is 11.4. The number of amides is 2. The normalized spacial score (nSPS) is 11.9. The van der Waals surface area contributed by atoms with Gasteiger partial charge in [0.1, 0.15) is 5.82 Å². The van der Waals surface area contributed by atoms with Crippen LogP contribution in [0.5, 0.6) is 0 Å². The van der Waals surface area contributed by atoms with Gasteiger partial charge in [0.15, 0.2) is 0 Å². The van der Waals surface area contributed by atoms with Gasteiger partial charge in [0.25, 0.3) is 0 Å². The predicted molar refractivity (Wildman–Crippen MR) is 87.4 cm³/mol. The van der Waals surface area contributed by atoms with E-state index in [2.05, 4.69) is 10.4 Å². The van der Waals surface area contributed by atoms with Gasteiger partial charge in [-0.1, -0.05) is 12.1 Å². The van der Waals surface area contributed by atoms with Gasteiger partial charge < -0.3 is 11.1 Å². The van der Waals surface area contributed by atoms with Crippen LogP contribution in [0.3, 0.4) is 0 Å². The first-order valence-electron chi connectivity index (χ1n) is 7.73. The first kappa shape index (κ1) is 17.7. The molecule has 2 aromatic rings. The highest BCUT2D eigenvalue weighted by Crippen LogP contribution is 2.09. The van der Waals surface area contributed by atoms with Crippen LogP contribution in [0.15, 0.2) is 36.7 Å². The summed E-state index contributed by atoms with van der Waals surface area (Å²) in [7, 11) is 0. The molecular weight excluding hydrogens is 311 g/mol. The third kappa shape index (κ3) is 5.49. The molecule has 0 bridgehead atoms. The van der Waals surface area contributed by atoms with Gasteiger partial charge in [-0.3, -0.25) is 14.3 Å². The van der Waals surface area contributed by atoms with Gasteiger partial charge in [0, 0.05) is 25.7 Å². The quantitative estimate of drug-likeness (QED) is 0.760. The van der Waals surface area contributed by atoms with Crippen molar-refractivity contribution < 1.29 is 14.0 Å². The van der Waals surface area contributed by atoms with Crippen molar-refractivity contribution in [3.8, 4) is 0 Å². The summed E-state index contributed by atoms with van der Waals surface area (Å²) in [6.07, 6.45) is 4.20. The van der Waals surface area contributed by atoms with Gasteiger partial charge in [-0.25, -0.2) is 4.39 Å². The van der Waals surface area contributed by atoms with Crippen molar-refractivity contribution in [1.29, 1.82) is 0 Å². The lowest BCUT2D eigenvalue weighted by Gasteiger charge is -2.14. The number of carbonyl (C=O) groups is 2. The summed E-state index contributed by atoms with van der Waals surface area (Å²) < 4.78 is 14.6. The Morgan fingerprint density at radius 1 is 1.33 bits per heavy atom. The Labute approximate surface area is 139 Å². The first-order valence-corrected chi connectivity index (χ1v) is 7.73. The summed E-state index contributed by atoms with van der Waals surface area (Å²) in [5, 5.41) is 6.82. The van der Waals surface area contributed by atoms with Crippen molar-refractivity contribution >= 4 is 11.8 Å². The third-order valence-corrected chi connectivity index (χ3v) is 3.67. The second kappa shape index (κ2) is 8.24. The lowest BCUT2D eigenvalue weighted by Crippen LogP contribution is -2.37. The lowest BCUT2D eigenvalue weighted by molar-refractivity contribution is -0.123. The zero-order valence-electron chi connectivity index (χ0n) is 13.5. The monoisotopic (exact) mass is 332 g/mol. The molecule has 1 aromatic heterocycles. The number of nitrogens with zero attached hydrogens (tertiary/aromatic N) is 2. The Hall–Kier alpha value is -2.70. The van der Waals surface area contributed by atoms with E-state index in [4.69, 9.17) is 5.73 Å². The van der Waals surface area contributed by atoms with Crippen molar-refractivity contribution in [3.63, 3.8) is 0 Å². The highest BCUT2D eigenvalue weighted by Gasteiger charge is 2.17. The minimum Gasteiger partial charge on any atom is -0.369 e. The molecule has 0 saturated heterocycles. The number of carbonyl (C=O) groups excluding carboxylic acids is 2. The molecule has 24 heavy (non-hydrogen) atoms. The van der Waals surface area contributed by atoms with Crippen molar-refractivity contribution in [2.24, 2.45) is 11.7 Å². The van der Waals surface area contributed by atoms with Crippen LogP contribution >= 0.6 is 0 Å². The highest BCUT2D eigenvalue weighted by atomic mass is 19.1. The number of benzene rings is 1. The van der Waals surface area contributed by atoms with E-state index < -0.39 is 11.8 Å². The Bertz CT molecular complexity index is 697. The lowest BCUT2D eigenvalue weighted by atomic mass is 9.98. The molecule has 0 unspecified atom stereocenters. The number of nitrogens with two attached hydrogens (primary N) is 1. The molecular formula is C17H21FN4O2. The summed E-state index contributed by atoms with van der Waals surface area (Å²) in [4.78, 5) is 23.4. The molecule has 6 nitrogen and oxygen atoms in total. The Balaban J connectivity index is 1.81. The minimum atomic E-state index is -0.536. The van der Waals surface area contributed by atoms with Crippen LogP contribution in [0.1, 0.15) is 17.5 Å². The third-order valence-electron chi connectivity index (χ3n) is 3.67. The number of hydrogen-bond donors (Lipinski definition) is 2. The smallest absolute Gasteiger partial charge is 0.222 e. The standard InChI is InChI=1S/C17H21FN4O2/c1-12-9-21-22(11-12)7-6-16(23)20-10-14(17(19)24)8-13-2-4-15(18)5-3-13/h2-5,9,11,14H,6-8,10H2,1H3,(H2,19,24)(H,20,23)/t14-/m1/s1. The van der Waals surface area contributed by atoms with E-state index >= 15 is 0 Å². The van der Waals surface area contributed by atoms with Gasteiger partial charge in [-0.05, 0) is 36.6 Å². The molecule has 1 atom stereocenters. The number of hydrogen-bond acceptors (Lipinski definition) is 3. The van der Waals surface area contributed by atoms with Gasteiger partial charge in [-0.2, -0.15) is 5.10 Å². The molecule has 128 valence electrons. The van der Waals surface area contributed by atoms with Crippen molar-refractivity contribution in [2.75, 3.05) is 6.54 Å². The second-order valence-corrected chi connectivity index (χ2v) is 5.76. The van der Waals surface area contributed by atoms with Crippen LogP contribution in [0, 0.1) is 18.7 Å². The molecule has 1 aromatic carbocycles. The summed E-state index contributed by atoms with van der Waals surface area (Å²) in [6.45, 7) is 2.55. The van der Waals surface area contributed by atoms with Crippen molar-refractivity contribution in [1.82, 2.24) is 15.1 Å². The van der Waals surface area contributed by atoms with E-state index in [0.29, 0.717) is 13.0 Å². The number of rotatable bonds is 8. The van der Waals surface area contributed by atoms with Gasteiger partial charge in [-0.15, -0.1) is 0 Å². The Kier molecular flexibility index (Phi) is 6.06. The summed E-state index contributed by atoms with van der Waals surface area (Å²) in [6, 6.07) is 5.87. The number of halogens is 1. The largest absolute Gasteiger partial charge is 0.369 e. The minimum absolute atomic E-state index is 0.156. The fraction of sp³-hybridized carbons (Fsp3) is 0.353. The van der Waals surface area contributed by atoms with E-state index in [1.165, 1.54) is 12.1 Å². The molecule has 0 aliphatic heterocycles. The predicted octanol–water partition coefficient (Wildman–Crippen LogP) is 1.18. The molecule has 1 heterocycles. The van der Waals surface area contributed by atoms with E-state index in [1.54, 1.807) is 23.0 Å². The molecule has 7 heteroatoms. The molecule has 0 saturated carbocycles. The average Bonchev–Trinajstić information content (AvgIpc) is 2.96. The van der Waals surface area contributed by atoms with E-state index in [1.807, 2.05) is 13.1 Å².